The summed E-state index contributed by atoms with van der Waals surface area (Å²) < 4.78 is 67.8. The first-order chi connectivity index (χ1) is 19.6. The van der Waals surface area contributed by atoms with Crippen LogP contribution in [0.5, 0.6) is 0 Å². The maximum absolute atomic E-state index is 13.0. The summed E-state index contributed by atoms with van der Waals surface area (Å²) in [7, 11) is -6.65. The normalized spacial score (nSPS) is 36.3. The van der Waals surface area contributed by atoms with Gasteiger partial charge in [0.1, 0.15) is 36.3 Å². The van der Waals surface area contributed by atoms with E-state index in [9.17, 15) is 23.6 Å². The number of imidazole rings is 1. The average molecular weight is 617 g/mol. The minimum absolute atomic E-state index is 0.0376. The van der Waals surface area contributed by atoms with Gasteiger partial charge in [0.2, 0.25) is 0 Å². The number of nitrogens with two attached hydrogens (primary N) is 1. The number of fused-ring (bicyclic) bond motifs is 4. The van der Waals surface area contributed by atoms with Crippen molar-refractivity contribution in [3.63, 3.8) is 0 Å². The number of hydrogen-bond acceptors (Lipinski definition) is 15. The van der Waals surface area contributed by atoms with E-state index in [0.29, 0.717) is 11.2 Å². The average Bonchev–Trinajstić information content (AvgIpc) is 3.61. The van der Waals surface area contributed by atoms with Gasteiger partial charge in [0.25, 0.3) is 5.56 Å². The van der Waals surface area contributed by atoms with Crippen LogP contribution < -0.4 is 17.0 Å². The molecule has 21 heteroatoms. The van der Waals surface area contributed by atoms with Gasteiger partial charge >= 0.3 is 21.8 Å². The van der Waals surface area contributed by atoms with Crippen LogP contribution in [0.1, 0.15) is 18.9 Å². The number of hydrogen-bond donors (Lipinski definition) is 3. The summed E-state index contributed by atoms with van der Waals surface area (Å²) in [6.07, 6.45) is -3.57. The molecule has 0 aromatic carbocycles. The highest BCUT2D eigenvalue weighted by molar-refractivity contribution is 7.47. The van der Waals surface area contributed by atoms with Crippen molar-refractivity contribution >= 4 is 33.1 Å². The van der Waals surface area contributed by atoms with Crippen LogP contribution in [-0.4, -0.2) is 84.8 Å². The minimum atomic E-state index is -4.81. The Kier molecular flexibility index (Phi) is 7.67. The van der Waals surface area contributed by atoms with Crippen LogP contribution in [0.25, 0.3) is 11.2 Å². The van der Waals surface area contributed by atoms with Gasteiger partial charge in [-0.1, -0.05) is 0 Å². The lowest BCUT2D eigenvalue weighted by Crippen LogP contribution is -2.37. The fourth-order valence-corrected chi connectivity index (χ4v) is 6.81. The zero-order valence-electron chi connectivity index (χ0n) is 21.2. The third-order valence-corrected chi connectivity index (χ3v) is 8.66. The van der Waals surface area contributed by atoms with E-state index in [-0.39, 0.29) is 18.8 Å². The van der Waals surface area contributed by atoms with Gasteiger partial charge in [-0.3, -0.25) is 32.5 Å². The molecule has 0 spiro atoms. The molecule has 0 amide bonds. The summed E-state index contributed by atoms with van der Waals surface area (Å²) in [4.78, 5) is 48.9. The zero-order valence-corrected chi connectivity index (χ0v) is 23.1. The lowest BCUT2D eigenvalue weighted by Gasteiger charge is -2.25. The van der Waals surface area contributed by atoms with Crippen LogP contribution in [0.15, 0.2) is 34.5 Å². The zero-order chi connectivity index (χ0) is 28.9. The van der Waals surface area contributed by atoms with Crippen molar-refractivity contribution < 1.29 is 46.3 Å². The number of rotatable bonds is 3. The number of aromatic nitrogens is 6. The Balaban J connectivity index is 1.28. The number of ether oxygens (including phenoxy) is 3. The van der Waals surface area contributed by atoms with Crippen LogP contribution >= 0.6 is 16.1 Å². The van der Waals surface area contributed by atoms with Crippen molar-refractivity contribution in [1.29, 1.82) is 0 Å². The number of phosphoric ester groups is 1. The molecule has 3 aliphatic heterocycles. The Morgan fingerprint density at radius 3 is 2.78 bits per heavy atom. The van der Waals surface area contributed by atoms with Crippen molar-refractivity contribution in [3.05, 3.63) is 45.8 Å². The third kappa shape index (κ3) is 5.53. The van der Waals surface area contributed by atoms with E-state index in [1.165, 1.54) is 24.3 Å². The predicted octanol–water partition coefficient (Wildman–Crippen LogP) is -0.534. The van der Waals surface area contributed by atoms with E-state index >= 15 is 0 Å². The van der Waals surface area contributed by atoms with Crippen molar-refractivity contribution in [3.8, 4) is 0 Å². The van der Waals surface area contributed by atoms with Crippen molar-refractivity contribution in [1.82, 2.24) is 29.1 Å². The summed E-state index contributed by atoms with van der Waals surface area (Å²) >= 11 is 0. The first-order valence-corrected chi connectivity index (χ1v) is 14.9. The van der Waals surface area contributed by atoms with Crippen LogP contribution in [-0.2, 0) is 41.4 Å². The number of nitrogens with zero attached hydrogens (tertiary/aromatic N) is 5. The summed E-state index contributed by atoms with van der Waals surface area (Å²) in [5.41, 5.74) is 5.04. The van der Waals surface area contributed by atoms with Crippen LogP contribution in [0, 0.1) is 0 Å². The summed E-state index contributed by atoms with van der Waals surface area (Å²) in [6.45, 7) is -0.835. The molecule has 9 atom stereocenters. The van der Waals surface area contributed by atoms with Crippen LogP contribution in [0.2, 0.25) is 0 Å². The second-order valence-corrected chi connectivity index (χ2v) is 11.7. The molecule has 6 heterocycles. The summed E-state index contributed by atoms with van der Waals surface area (Å²) in [6, 6.07) is 1.08. The number of H-pyrrole nitrogens is 1. The molecule has 0 radical (unpaired) electrons. The molecule has 0 aliphatic carbocycles. The predicted molar refractivity (Wildman–Crippen MR) is 135 cm³/mol. The molecule has 4 N–H and O–H groups in total. The Labute approximate surface area is 230 Å². The van der Waals surface area contributed by atoms with E-state index < -0.39 is 76.9 Å². The van der Waals surface area contributed by atoms with E-state index in [1.54, 1.807) is 0 Å². The molecular weight excluding hydrogens is 592 g/mol. The first kappa shape index (κ1) is 28.3. The molecule has 6 rings (SSSR count). The van der Waals surface area contributed by atoms with Gasteiger partial charge < -0.3 is 33.9 Å². The fourth-order valence-electron chi connectivity index (χ4n) is 4.98. The first-order valence-electron chi connectivity index (χ1n) is 12.2. The molecule has 0 saturated carbocycles. The Morgan fingerprint density at radius 1 is 1.17 bits per heavy atom. The monoisotopic (exact) mass is 617 g/mol. The number of anilines is 1. The smallest absolute Gasteiger partial charge is 0.382 e. The highest BCUT2D eigenvalue weighted by atomic mass is 31.2. The number of aromatic amines is 1. The molecule has 222 valence electrons. The second-order valence-electron chi connectivity index (χ2n) is 9.30. The number of methoxy groups -OCH3 is 1. The van der Waals surface area contributed by atoms with Crippen molar-refractivity contribution in [2.24, 2.45) is 0 Å². The van der Waals surface area contributed by atoms with Gasteiger partial charge in [-0.25, -0.2) is 24.3 Å². The topological polar surface area (TPSA) is 243 Å². The Bertz CT molecular complexity index is 1630. The maximum atomic E-state index is 13.0. The molecule has 2 unspecified atom stereocenters. The molecule has 3 aliphatic rings. The fraction of sp³-hybridized carbons (Fsp3) is 0.550. The molecule has 3 aromatic rings. The van der Waals surface area contributed by atoms with E-state index in [0.717, 1.165) is 16.8 Å². The highest BCUT2D eigenvalue weighted by Gasteiger charge is 2.50. The van der Waals surface area contributed by atoms with Crippen LogP contribution in [0.3, 0.4) is 0 Å². The molecular formula is C20H25N7O12P2. The molecule has 19 nitrogen and oxygen atoms in total. The van der Waals surface area contributed by atoms with Gasteiger partial charge in [-0.05, 0) is 0 Å². The summed E-state index contributed by atoms with van der Waals surface area (Å²) in [5, 5.41) is 0. The Morgan fingerprint density at radius 2 is 2.00 bits per heavy atom. The third-order valence-electron chi connectivity index (χ3n) is 6.78. The van der Waals surface area contributed by atoms with Gasteiger partial charge in [0, 0.05) is 25.8 Å². The van der Waals surface area contributed by atoms with Gasteiger partial charge in [0.05, 0.1) is 25.6 Å². The van der Waals surface area contributed by atoms with Crippen LogP contribution in [0.4, 0.5) is 5.82 Å². The van der Waals surface area contributed by atoms with Crippen molar-refractivity contribution in [2.75, 3.05) is 26.1 Å². The van der Waals surface area contributed by atoms with E-state index in [1.807, 2.05) is 0 Å². The largest absolute Gasteiger partial charge is 0.472 e. The summed E-state index contributed by atoms with van der Waals surface area (Å²) in [5.74, 6) is 0.138. The quantitative estimate of drug-likeness (QED) is 0.313. The lowest BCUT2D eigenvalue weighted by atomic mass is 10.1. The van der Waals surface area contributed by atoms with Gasteiger partial charge in [0.15, 0.2) is 23.9 Å². The molecule has 2 bridgehead atoms. The van der Waals surface area contributed by atoms with E-state index in [2.05, 4.69) is 19.9 Å². The lowest BCUT2D eigenvalue weighted by molar-refractivity contribution is -0.0666. The van der Waals surface area contributed by atoms with Gasteiger partial charge in [-0.2, -0.15) is 0 Å². The standard InChI is InChI=1S/C20H25N7O12P2/c1-33-15-14-11(37-19(15)27-8-24-13-16(21)22-7-23-17(13)27)6-35-41(31,32)39-10-4-9(5-34-40(30)38-14)36-18(10)26-3-2-12(28)25-20(26)29/h2-3,7-11,14-15,18-19,40H,4-6H2,1H3,(H,31,32)(H2,21,22,23)(H,25,28,29)/t9-,10+,11+,14+,15+,18+,19+/m0/s1. The second kappa shape index (κ2) is 11.1. The molecule has 3 saturated heterocycles. The molecule has 3 fully saturated rings. The minimum Gasteiger partial charge on any atom is -0.382 e. The highest BCUT2D eigenvalue weighted by Crippen LogP contribution is 2.51. The SMILES string of the molecule is CO[C@@H]1[C@@H]2O[PH](=O)OC[C@@H]3C[C@@H](OP(=O)(O)OC[C@H]2O[C@H]1n1cnc2c(N)ncnc21)[C@H](n1ccc(=O)[nH]c1=O)O3. The molecule has 3 aromatic heterocycles. The van der Waals surface area contributed by atoms with Gasteiger partial charge in [-0.15, -0.1) is 0 Å². The number of phosphoric acid groups is 1. The maximum Gasteiger partial charge on any atom is 0.472 e. The van der Waals surface area contributed by atoms with Crippen molar-refractivity contribution in [2.45, 2.75) is 49.4 Å². The molecule has 41 heavy (non-hydrogen) atoms. The number of nitrogens with one attached hydrogen (secondary N) is 1. The van der Waals surface area contributed by atoms with E-state index in [4.69, 9.17) is 38.0 Å². The Hall–Kier alpha value is -2.83. The number of nitrogen functional groups attached to an aromatic ring is 1.